The van der Waals surface area contributed by atoms with Crippen LogP contribution in [0, 0.1) is 0 Å². The molecule has 0 aliphatic rings. The molecular formula is C11H19ClNO2PS. The molecule has 1 aromatic rings. The Hall–Kier alpha value is 0.01000. The van der Waals surface area contributed by atoms with Crippen LogP contribution in [0.2, 0.25) is 0 Å². The van der Waals surface area contributed by atoms with E-state index in [1.807, 2.05) is 44.2 Å². The first kappa shape index (κ1) is 17.0. The number of rotatable bonds is 4. The third-order valence-electron chi connectivity index (χ3n) is 1.36. The summed E-state index contributed by atoms with van der Waals surface area (Å²) in [4.78, 5) is 10.2. The molecule has 0 fully saturated rings. The summed E-state index contributed by atoms with van der Waals surface area (Å²) >= 11 is 6.40. The quantitative estimate of drug-likeness (QED) is 0.658. The van der Waals surface area contributed by atoms with Gasteiger partial charge >= 0.3 is 0 Å². The minimum Gasteiger partial charge on any atom is -0.337 e. The fourth-order valence-electron chi connectivity index (χ4n) is 0.799. The van der Waals surface area contributed by atoms with Crippen LogP contribution >= 0.6 is 29.6 Å². The smallest absolute Gasteiger partial charge is 0.260 e. The van der Waals surface area contributed by atoms with Crippen LogP contribution in [0.1, 0.15) is 13.8 Å². The molecule has 1 rings (SSSR count). The van der Waals surface area contributed by atoms with Crippen LogP contribution in [0.25, 0.3) is 0 Å². The van der Waals surface area contributed by atoms with Crippen LogP contribution in [0.4, 0.5) is 0 Å². The van der Waals surface area contributed by atoms with Crippen molar-refractivity contribution in [1.82, 2.24) is 0 Å². The maximum Gasteiger partial charge on any atom is 0.260 e. The van der Waals surface area contributed by atoms with Crippen LogP contribution in [0.5, 0.6) is 0 Å². The van der Waals surface area contributed by atoms with Gasteiger partial charge in [-0.3, -0.25) is 4.57 Å². The van der Waals surface area contributed by atoms with Gasteiger partial charge in [-0.1, -0.05) is 32.0 Å². The Balaban J connectivity index is 0.000000557. The molecule has 0 spiro atoms. The highest BCUT2D eigenvalue weighted by molar-refractivity contribution is 8.56. The Bertz CT molecular complexity index is 346. The maximum atomic E-state index is 11.4. The van der Waals surface area contributed by atoms with Gasteiger partial charge in [0.15, 0.2) is 0 Å². The summed E-state index contributed by atoms with van der Waals surface area (Å²) < 4.78 is 11.4. The Kier molecular flexibility index (Phi) is 9.01. The van der Waals surface area contributed by atoms with E-state index in [1.54, 1.807) is 0 Å². The third kappa shape index (κ3) is 10.9. The zero-order chi connectivity index (χ0) is 13.3. The highest BCUT2D eigenvalue weighted by atomic mass is 35.5. The minimum atomic E-state index is -3.13. The molecule has 0 aromatic heterocycles. The second-order valence-electron chi connectivity index (χ2n) is 3.70. The van der Waals surface area contributed by atoms with Gasteiger partial charge in [0.2, 0.25) is 0 Å². The van der Waals surface area contributed by atoms with E-state index in [2.05, 4.69) is 0 Å². The molecule has 1 unspecified atom stereocenters. The molecule has 3 N–H and O–H groups in total. The molecule has 1 atom stereocenters. The SMILES string of the molecule is CC(C)N.O=P(O)(CCCl)Sc1ccccc1. The van der Waals surface area contributed by atoms with Gasteiger partial charge in [-0.05, 0) is 29.6 Å². The number of benzene rings is 1. The molecule has 0 aliphatic carbocycles. The van der Waals surface area contributed by atoms with Crippen molar-refractivity contribution < 1.29 is 9.46 Å². The molecule has 0 saturated heterocycles. The predicted octanol–water partition coefficient (Wildman–Crippen LogP) is 3.56. The lowest BCUT2D eigenvalue weighted by Crippen LogP contribution is -2.06. The van der Waals surface area contributed by atoms with Crippen molar-refractivity contribution in [3.8, 4) is 0 Å². The molecule has 0 bridgehead atoms. The Morgan fingerprint density at radius 2 is 1.88 bits per heavy atom. The van der Waals surface area contributed by atoms with Crippen LogP contribution in [-0.2, 0) is 4.57 Å². The second kappa shape index (κ2) is 9.01. The molecule has 3 nitrogen and oxygen atoms in total. The number of alkyl halides is 1. The number of halogens is 1. The van der Waals surface area contributed by atoms with Gasteiger partial charge in [0.05, 0.1) is 0 Å². The van der Waals surface area contributed by atoms with Gasteiger partial charge in [0.1, 0.15) is 0 Å². The fourth-order valence-corrected chi connectivity index (χ4v) is 4.60. The van der Waals surface area contributed by atoms with E-state index < -0.39 is 6.57 Å². The largest absolute Gasteiger partial charge is 0.337 e. The van der Waals surface area contributed by atoms with Crippen molar-refractivity contribution in [2.45, 2.75) is 24.8 Å². The highest BCUT2D eigenvalue weighted by Gasteiger charge is 2.18. The molecule has 6 heteroatoms. The molecule has 0 amide bonds. The minimum absolute atomic E-state index is 0.147. The van der Waals surface area contributed by atoms with Crippen molar-refractivity contribution in [1.29, 1.82) is 0 Å². The Morgan fingerprint density at radius 3 is 2.29 bits per heavy atom. The predicted molar refractivity (Wildman–Crippen MR) is 77.0 cm³/mol. The first-order chi connectivity index (χ1) is 7.87. The monoisotopic (exact) mass is 295 g/mol. The number of nitrogens with two attached hydrogens (primary N) is 1. The third-order valence-corrected chi connectivity index (χ3v) is 5.40. The summed E-state index contributed by atoms with van der Waals surface area (Å²) in [6.07, 6.45) is 0.147. The van der Waals surface area contributed by atoms with Gasteiger partial charge in [0, 0.05) is 16.9 Å². The molecule has 0 aliphatic heterocycles. The van der Waals surface area contributed by atoms with Crippen molar-refractivity contribution >= 4 is 29.6 Å². The van der Waals surface area contributed by atoms with E-state index in [-0.39, 0.29) is 12.0 Å². The van der Waals surface area contributed by atoms with Crippen molar-refractivity contribution in [2.24, 2.45) is 5.73 Å². The topological polar surface area (TPSA) is 63.3 Å². The van der Waals surface area contributed by atoms with Gasteiger partial charge in [-0.25, -0.2) is 0 Å². The summed E-state index contributed by atoms with van der Waals surface area (Å²) in [5.74, 6) is 0.216. The van der Waals surface area contributed by atoms with Crippen LogP contribution in [0.3, 0.4) is 0 Å². The van der Waals surface area contributed by atoms with Crippen molar-refractivity contribution in [3.05, 3.63) is 30.3 Å². The van der Waals surface area contributed by atoms with E-state index in [0.717, 1.165) is 16.3 Å². The van der Waals surface area contributed by atoms with Gasteiger partial charge in [-0.15, -0.1) is 11.6 Å². The molecular weight excluding hydrogens is 277 g/mol. The molecule has 98 valence electrons. The zero-order valence-corrected chi connectivity index (χ0v) is 12.5. The summed E-state index contributed by atoms with van der Waals surface area (Å²) in [6.45, 7) is 0.759. The van der Waals surface area contributed by atoms with E-state index in [1.165, 1.54) is 0 Å². The van der Waals surface area contributed by atoms with Crippen LogP contribution < -0.4 is 5.73 Å². The standard InChI is InChI=1S/C8H10ClO2PS.C3H9N/c9-6-7-12(10,11)13-8-4-2-1-3-5-8;1-3(2)4/h1-5H,6-7H2,(H,10,11);3H,4H2,1-2H3. The van der Waals surface area contributed by atoms with Crippen LogP contribution in [-0.4, -0.2) is 23.0 Å². The summed E-state index contributed by atoms with van der Waals surface area (Å²) in [7, 11) is 0. The van der Waals surface area contributed by atoms with Crippen molar-refractivity contribution in [3.63, 3.8) is 0 Å². The average Bonchev–Trinajstić information content (AvgIpc) is 2.17. The van der Waals surface area contributed by atoms with E-state index >= 15 is 0 Å². The number of hydrogen-bond donors (Lipinski definition) is 2. The first-order valence-corrected chi connectivity index (χ1v) is 9.05. The molecule has 0 radical (unpaired) electrons. The lowest BCUT2D eigenvalue weighted by atomic mass is 10.4. The molecule has 0 heterocycles. The zero-order valence-electron chi connectivity index (χ0n) is 10.0. The lowest BCUT2D eigenvalue weighted by Gasteiger charge is -2.07. The molecule has 0 saturated carbocycles. The Labute approximate surface area is 112 Å². The van der Waals surface area contributed by atoms with Gasteiger partial charge in [-0.2, -0.15) is 0 Å². The van der Waals surface area contributed by atoms with E-state index in [9.17, 15) is 9.46 Å². The average molecular weight is 296 g/mol. The fraction of sp³-hybridized carbons (Fsp3) is 0.455. The summed E-state index contributed by atoms with van der Waals surface area (Å²) in [5, 5.41) is 0. The van der Waals surface area contributed by atoms with Crippen molar-refractivity contribution in [2.75, 3.05) is 12.0 Å². The molecule has 1 aromatic carbocycles. The highest BCUT2D eigenvalue weighted by Crippen LogP contribution is 2.57. The normalized spacial score (nSPS) is 13.8. The maximum absolute atomic E-state index is 11.4. The summed E-state index contributed by atoms with van der Waals surface area (Å²) in [5.41, 5.74) is 5.11. The van der Waals surface area contributed by atoms with E-state index in [0.29, 0.717) is 6.04 Å². The summed E-state index contributed by atoms with van der Waals surface area (Å²) in [6, 6.07) is 9.49. The first-order valence-electron chi connectivity index (χ1n) is 5.25. The molecule has 17 heavy (non-hydrogen) atoms. The number of hydrogen-bond acceptors (Lipinski definition) is 3. The Morgan fingerprint density at radius 1 is 1.41 bits per heavy atom. The van der Waals surface area contributed by atoms with Crippen LogP contribution in [0.15, 0.2) is 35.2 Å². The van der Waals surface area contributed by atoms with Gasteiger partial charge in [0.25, 0.3) is 6.57 Å². The second-order valence-corrected chi connectivity index (χ2v) is 8.71. The van der Waals surface area contributed by atoms with E-state index in [4.69, 9.17) is 17.3 Å². The lowest BCUT2D eigenvalue weighted by molar-refractivity contribution is 0.498. The van der Waals surface area contributed by atoms with Gasteiger partial charge < -0.3 is 10.6 Å².